The summed E-state index contributed by atoms with van der Waals surface area (Å²) in [6.07, 6.45) is 2.46. The number of carbonyl (C=O) groups is 1. The molecule has 1 aliphatic rings. The molecular formula is C9H11ClN2OS. The first-order valence-electron chi connectivity index (χ1n) is 4.50. The molecule has 1 aliphatic carbocycles. The van der Waals surface area contributed by atoms with Gasteiger partial charge in [0.05, 0.1) is 5.88 Å². The zero-order valence-electron chi connectivity index (χ0n) is 7.86. The van der Waals surface area contributed by atoms with Gasteiger partial charge in [-0.1, -0.05) is 0 Å². The smallest absolute Gasteiger partial charge is 0.196 e. The highest BCUT2D eigenvalue weighted by Crippen LogP contribution is 2.31. The fourth-order valence-electron chi connectivity index (χ4n) is 1.24. The average Bonchev–Trinajstić information content (AvgIpc) is 2.93. The second kappa shape index (κ2) is 3.87. The number of carbonyl (C=O) groups excluding carboxylic acids is 1. The van der Waals surface area contributed by atoms with E-state index in [9.17, 15) is 4.79 Å². The van der Waals surface area contributed by atoms with Gasteiger partial charge >= 0.3 is 0 Å². The Balaban J connectivity index is 2.12. The lowest BCUT2D eigenvalue weighted by Crippen LogP contribution is -2.19. The number of hydrogen-bond acceptors (Lipinski definition) is 4. The van der Waals surface area contributed by atoms with Gasteiger partial charge in [-0.05, 0) is 12.8 Å². The Hall–Kier alpha value is -0.610. The number of ketones is 1. The van der Waals surface area contributed by atoms with Crippen LogP contribution in [0, 0.1) is 0 Å². The first-order valence-corrected chi connectivity index (χ1v) is 5.91. The van der Waals surface area contributed by atoms with E-state index in [1.165, 1.54) is 24.2 Å². The van der Waals surface area contributed by atoms with Crippen molar-refractivity contribution in [2.75, 3.05) is 17.8 Å². The summed E-state index contributed by atoms with van der Waals surface area (Å²) in [4.78, 5) is 17.6. The molecule has 1 heterocycles. The summed E-state index contributed by atoms with van der Waals surface area (Å²) in [5.74, 6) is -0.0885. The van der Waals surface area contributed by atoms with Gasteiger partial charge in [0, 0.05) is 18.5 Å². The Morgan fingerprint density at radius 3 is 3.07 bits per heavy atom. The number of hydrogen-bond donors (Lipinski definition) is 0. The number of halogens is 1. The van der Waals surface area contributed by atoms with Crippen molar-refractivity contribution in [1.82, 2.24) is 4.98 Å². The van der Waals surface area contributed by atoms with Gasteiger partial charge in [0.15, 0.2) is 10.9 Å². The van der Waals surface area contributed by atoms with Crippen molar-refractivity contribution in [3.05, 3.63) is 11.1 Å². The molecule has 0 bridgehead atoms. The van der Waals surface area contributed by atoms with Crippen molar-refractivity contribution in [2.45, 2.75) is 18.9 Å². The van der Waals surface area contributed by atoms with Gasteiger partial charge < -0.3 is 4.90 Å². The van der Waals surface area contributed by atoms with Crippen LogP contribution >= 0.6 is 22.9 Å². The molecule has 0 aliphatic heterocycles. The van der Waals surface area contributed by atoms with Gasteiger partial charge in [0.1, 0.15) is 5.69 Å². The predicted octanol–water partition coefficient (Wildman–Crippen LogP) is 2.16. The Morgan fingerprint density at radius 2 is 2.50 bits per heavy atom. The molecule has 0 spiro atoms. The Morgan fingerprint density at radius 1 is 1.79 bits per heavy atom. The maximum absolute atomic E-state index is 11.2. The van der Waals surface area contributed by atoms with Crippen LogP contribution in [0.2, 0.25) is 0 Å². The van der Waals surface area contributed by atoms with E-state index in [1.54, 1.807) is 5.38 Å². The minimum Gasteiger partial charge on any atom is -0.348 e. The summed E-state index contributed by atoms with van der Waals surface area (Å²) in [6, 6.07) is 0.625. The summed E-state index contributed by atoms with van der Waals surface area (Å²) in [5, 5.41) is 2.69. The van der Waals surface area contributed by atoms with E-state index < -0.39 is 0 Å². The van der Waals surface area contributed by atoms with E-state index in [4.69, 9.17) is 11.6 Å². The molecule has 2 rings (SSSR count). The van der Waals surface area contributed by atoms with Crippen molar-refractivity contribution < 1.29 is 4.79 Å². The number of rotatable bonds is 4. The monoisotopic (exact) mass is 230 g/mol. The van der Waals surface area contributed by atoms with Crippen molar-refractivity contribution in [3.8, 4) is 0 Å². The highest BCUT2D eigenvalue weighted by Gasteiger charge is 2.28. The molecule has 3 nitrogen and oxygen atoms in total. The molecular weight excluding hydrogens is 220 g/mol. The molecule has 1 saturated carbocycles. The number of thiazole rings is 1. The molecule has 0 radical (unpaired) electrons. The topological polar surface area (TPSA) is 33.2 Å². The molecule has 1 fully saturated rings. The lowest BCUT2D eigenvalue weighted by Gasteiger charge is -2.13. The summed E-state index contributed by atoms with van der Waals surface area (Å²) >= 11 is 6.96. The summed E-state index contributed by atoms with van der Waals surface area (Å²) < 4.78 is 0. The lowest BCUT2D eigenvalue weighted by atomic mass is 10.3. The standard InChI is InChI=1S/C9H11ClN2OS/c1-12(6-2-3-6)9-11-7(5-14-9)8(13)4-10/h5-6H,2-4H2,1H3. The molecule has 0 unspecified atom stereocenters. The minimum atomic E-state index is -0.0987. The summed E-state index contributed by atoms with van der Waals surface area (Å²) in [6.45, 7) is 0. The molecule has 0 saturated heterocycles. The van der Waals surface area contributed by atoms with Crippen LogP contribution < -0.4 is 4.90 Å². The predicted molar refractivity (Wildman–Crippen MR) is 58.6 cm³/mol. The Labute approximate surface area is 91.7 Å². The van der Waals surface area contributed by atoms with Gasteiger partial charge in [-0.3, -0.25) is 4.79 Å². The van der Waals surface area contributed by atoms with Crippen LogP contribution in [0.1, 0.15) is 23.3 Å². The van der Waals surface area contributed by atoms with Gasteiger partial charge in [-0.2, -0.15) is 0 Å². The van der Waals surface area contributed by atoms with E-state index >= 15 is 0 Å². The zero-order chi connectivity index (χ0) is 10.1. The molecule has 14 heavy (non-hydrogen) atoms. The van der Waals surface area contributed by atoms with Gasteiger partial charge in [-0.15, -0.1) is 22.9 Å². The Bertz CT molecular complexity index is 348. The van der Waals surface area contributed by atoms with Crippen molar-refractivity contribution in [2.24, 2.45) is 0 Å². The van der Waals surface area contributed by atoms with E-state index in [-0.39, 0.29) is 11.7 Å². The maximum Gasteiger partial charge on any atom is 0.196 e. The normalized spacial score (nSPS) is 15.6. The third-order valence-electron chi connectivity index (χ3n) is 2.30. The molecule has 5 heteroatoms. The SMILES string of the molecule is CN(c1nc(C(=O)CCl)cs1)C1CC1. The van der Waals surface area contributed by atoms with E-state index in [2.05, 4.69) is 9.88 Å². The number of anilines is 1. The number of nitrogens with zero attached hydrogens (tertiary/aromatic N) is 2. The van der Waals surface area contributed by atoms with E-state index in [1.807, 2.05) is 7.05 Å². The van der Waals surface area contributed by atoms with Crippen LogP contribution in [0.5, 0.6) is 0 Å². The highest BCUT2D eigenvalue weighted by molar-refractivity contribution is 7.14. The number of aromatic nitrogens is 1. The quantitative estimate of drug-likeness (QED) is 0.587. The summed E-state index contributed by atoms with van der Waals surface area (Å²) in [7, 11) is 2.02. The van der Waals surface area contributed by atoms with Crippen molar-refractivity contribution >= 4 is 33.9 Å². The number of Topliss-reactive ketones (excluding diaryl/α,β-unsaturated/α-hetero) is 1. The highest BCUT2D eigenvalue weighted by atomic mass is 35.5. The molecule has 0 N–H and O–H groups in total. The van der Waals surface area contributed by atoms with E-state index in [0.717, 1.165) is 5.13 Å². The summed E-state index contributed by atoms with van der Waals surface area (Å²) in [5.41, 5.74) is 0.493. The molecule has 76 valence electrons. The third kappa shape index (κ3) is 1.91. The van der Waals surface area contributed by atoms with E-state index in [0.29, 0.717) is 11.7 Å². The van der Waals surface area contributed by atoms with Crippen LogP contribution in [-0.4, -0.2) is 29.7 Å². The molecule has 0 atom stereocenters. The molecule has 1 aromatic rings. The first kappa shape index (κ1) is 9.93. The fraction of sp³-hybridized carbons (Fsp3) is 0.556. The van der Waals surface area contributed by atoms with Crippen molar-refractivity contribution in [3.63, 3.8) is 0 Å². The lowest BCUT2D eigenvalue weighted by molar-refractivity contribution is 0.101. The average molecular weight is 231 g/mol. The largest absolute Gasteiger partial charge is 0.348 e. The zero-order valence-corrected chi connectivity index (χ0v) is 9.44. The molecule has 0 amide bonds. The number of alkyl halides is 1. The van der Waals surface area contributed by atoms with Gasteiger partial charge in [0.2, 0.25) is 0 Å². The van der Waals surface area contributed by atoms with Crippen LogP contribution in [0.3, 0.4) is 0 Å². The maximum atomic E-state index is 11.2. The van der Waals surface area contributed by atoms with Crippen molar-refractivity contribution in [1.29, 1.82) is 0 Å². The van der Waals surface area contributed by atoms with Gasteiger partial charge in [-0.25, -0.2) is 4.98 Å². The third-order valence-corrected chi connectivity index (χ3v) is 3.47. The van der Waals surface area contributed by atoms with Crippen LogP contribution in [-0.2, 0) is 0 Å². The minimum absolute atomic E-state index is 0.0102. The second-order valence-electron chi connectivity index (χ2n) is 3.41. The van der Waals surface area contributed by atoms with Crippen LogP contribution in [0.15, 0.2) is 5.38 Å². The van der Waals surface area contributed by atoms with Crippen LogP contribution in [0.25, 0.3) is 0 Å². The first-order chi connectivity index (χ1) is 6.72. The Kier molecular flexibility index (Phi) is 2.74. The molecule has 1 aromatic heterocycles. The van der Waals surface area contributed by atoms with Gasteiger partial charge in [0.25, 0.3) is 0 Å². The van der Waals surface area contributed by atoms with Crippen LogP contribution in [0.4, 0.5) is 5.13 Å². The second-order valence-corrected chi connectivity index (χ2v) is 4.52. The molecule has 0 aromatic carbocycles. The fourth-order valence-corrected chi connectivity index (χ4v) is 2.25.